The normalized spacial score (nSPS) is 12.9. The Morgan fingerprint density at radius 2 is 2.14 bits per heavy atom. The van der Waals surface area contributed by atoms with Crippen LogP contribution in [0.4, 0.5) is 0 Å². The Morgan fingerprint density at radius 3 is 2.86 bits per heavy atom. The molecule has 2 aromatic heterocycles. The second kappa shape index (κ2) is 9.52. The van der Waals surface area contributed by atoms with E-state index in [1.807, 2.05) is 44.3 Å². The van der Waals surface area contributed by atoms with Crippen LogP contribution < -0.4 is 10.8 Å². The van der Waals surface area contributed by atoms with E-state index in [2.05, 4.69) is 39.5 Å². The fourth-order valence-corrected chi connectivity index (χ4v) is 3.47. The second-order valence-electron chi connectivity index (χ2n) is 7.11. The summed E-state index contributed by atoms with van der Waals surface area (Å²) >= 11 is 0. The predicted octanol–water partition coefficient (Wildman–Crippen LogP) is 3.42. The monoisotopic (exact) mass is 392 g/mol. The number of fused-ring (bicyclic) bond motifs is 1. The molecule has 0 unspecified atom stereocenters. The molecule has 0 fully saturated rings. The molecule has 0 bridgehead atoms. The van der Waals surface area contributed by atoms with Crippen LogP contribution in [0.15, 0.2) is 55.4 Å². The van der Waals surface area contributed by atoms with Crippen molar-refractivity contribution in [2.24, 2.45) is 0 Å². The van der Waals surface area contributed by atoms with Gasteiger partial charge in [-0.3, -0.25) is 15.7 Å². The minimum absolute atomic E-state index is 0.0440. The molecule has 29 heavy (non-hydrogen) atoms. The van der Waals surface area contributed by atoms with E-state index in [4.69, 9.17) is 5.21 Å². The lowest BCUT2D eigenvalue weighted by atomic mass is 9.99. The average Bonchev–Trinajstić information content (AvgIpc) is 3.16. The number of H-pyrrole nitrogens is 1. The third kappa shape index (κ3) is 4.74. The zero-order valence-electron chi connectivity index (χ0n) is 16.9. The molecule has 6 nitrogen and oxygen atoms in total. The number of hydrogen-bond donors (Lipinski definition) is 5. The lowest BCUT2D eigenvalue weighted by Gasteiger charge is -2.19. The summed E-state index contributed by atoms with van der Waals surface area (Å²) in [6.45, 7) is 8.40. The first-order valence-corrected chi connectivity index (χ1v) is 9.68. The Labute approximate surface area is 171 Å². The fraction of sp³-hybridized carbons (Fsp3) is 0.261. The van der Waals surface area contributed by atoms with Gasteiger partial charge in [0, 0.05) is 35.9 Å². The van der Waals surface area contributed by atoms with Crippen LogP contribution >= 0.6 is 0 Å². The van der Waals surface area contributed by atoms with Crippen molar-refractivity contribution in [3.8, 4) is 0 Å². The maximum atomic E-state index is 9.91. The van der Waals surface area contributed by atoms with Crippen molar-refractivity contribution in [3.63, 3.8) is 0 Å². The minimum Gasteiger partial charge on any atom is -0.395 e. The van der Waals surface area contributed by atoms with Gasteiger partial charge in [-0.1, -0.05) is 30.9 Å². The highest BCUT2D eigenvalue weighted by atomic mass is 16.5. The summed E-state index contributed by atoms with van der Waals surface area (Å²) < 4.78 is 0. The highest BCUT2D eigenvalue weighted by Gasteiger charge is 2.14. The van der Waals surface area contributed by atoms with E-state index in [0.29, 0.717) is 17.9 Å². The first kappa shape index (κ1) is 20.8. The van der Waals surface area contributed by atoms with E-state index in [1.54, 1.807) is 6.20 Å². The van der Waals surface area contributed by atoms with Crippen molar-refractivity contribution in [1.29, 1.82) is 0 Å². The number of aromatic amines is 1. The number of hydroxylamine groups is 1. The van der Waals surface area contributed by atoms with Gasteiger partial charge in [-0.2, -0.15) is 0 Å². The summed E-state index contributed by atoms with van der Waals surface area (Å²) in [5.74, 6) is 0. The largest absolute Gasteiger partial charge is 0.395 e. The lowest BCUT2D eigenvalue weighted by Crippen LogP contribution is -2.35. The molecule has 3 aromatic rings. The number of aliphatic hydroxyl groups excluding tert-OH is 1. The molecule has 0 aliphatic heterocycles. The molecule has 0 aliphatic rings. The maximum Gasteiger partial charge on any atom is 0.0884 e. The third-order valence-corrected chi connectivity index (χ3v) is 5.18. The smallest absolute Gasteiger partial charge is 0.0884 e. The number of rotatable bonds is 9. The molecule has 0 radical (unpaired) electrons. The van der Waals surface area contributed by atoms with Crippen molar-refractivity contribution in [2.45, 2.75) is 26.3 Å². The highest BCUT2D eigenvalue weighted by molar-refractivity contribution is 5.83. The lowest BCUT2D eigenvalue weighted by molar-refractivity contribution is 0.224. The first-order valence-electron chi connectivity index (χ1n) is 9.68. The average molecular weight is 393 g/mol. The molecule has 6 heteroatoms. The molecular formula is C23H28N4O2. The number of nitrogens with zero attached hydrogens (tertiary/aromatic N) is 1. The fourth-order valence-electron chi connectivity index (χ4n) is 3.47. The molecule has 3 rings (SSSR count). The van der Waals surface area contributed by atoms with Crippen LogP contribution in [0.5, 0.6) is 0 Å². The zero-order chi connectivity index (χ0) is 20.8. The molecule has 0 spiro atoms. The van der Waals surface area contributed by atoms with E-state index in [9.17, 15) is 5.11 Å². The Morgan fingerprint density at radius 1 is 1.34 bits per heavy atom. The van der Waals surface area contributed by atoms with Gasteiger partial charge < -0.3 is 15.4 Å². The molecule has 152 valence electrons. The van der Waals surface area contributed by atoms with Gasteiger partial charge in [0.15, 0.2) is 0 Å². The maximum absolute atomic E-state index is 9.91. The summed E-state index contributed by atoms with van der Waals surface area (Å²) in [6.07, 6.45) is 6.56. The van der Waals surface area contributed by atoms with Crippen LogP contribution in [0.25, 0.3) is 22.2 Å². The highest BCUT2D eigenvalue weighted by Crippen LogP contribution is 2.22. The Balaban J connectivity index is 1.73. The van der Waals surface area contributed by atoms with Gasteiger partial charge in [-0.15, -0.1) is 0 Å². The van der Waals surface area contributed by atoms with E-state index in [-0.39, 0.29) is 12.6 Å². The summed E-state index contributed by atoms with van der Waals surface area (Å²) in [5.41, 5.74) is 8.44. The van der Waals surface area contributed by atoms with Crippen LogP contribution in [-0.4, -0.2) is 39.5 Å². The van der Waals surface area contributed by atoms with Gasteiger partial charge >= 0.3 is 0 Å². The Hall–Kier alpha value is -2.93. The number of pyridine rings is 1. The van der Waals surface area contributed by atoms with Gasteiger partial charge in [0.1, 0.15) is 0 Å². The van der Waals surface area contributed by atoms with Crippen molar-refractivity contribution in [3.05, 3.63) is 77.8 Å². The standard InChI is InChI=1S/C23H28N4O2/c1-4-17(21-10-23(16(3)27-29)25-11-15(21)2)12-24-19(14-28)9-18-13-26-22-8-6-5-7-20(18)22/h4-8,10-11,13,19,24,26-29H,3,9,12,14H2,1-2H3/b17-4-/t19-/m0/s1. The van der Waals surface area contributed by atoms with Crippen LogP contribution in [-0.2, 0) is 6.42 Å². The molecule has 5 N–H and O–H groups in total. The zero-order valence-corrected chi connectivity index (χ0v) is 16.9. The van der Waals surface area contributed by atoms with E-state index >= 15 is 0 Å². The molecular weight excluding hydrogens is 364 g/mol. The van der Waals surface area contributed by atoms with Crippen LogP contribution in [0.2, 0.25) is 0 Å². The second-order valence-corrected chi connectivity index (χ2v) is 7.11. The predicted molar refractivity (Wildman–Crippen MR) is 117 cm³/mol. The summed E-state index contributed by atoms with van der Waals surface area (Å²) in [5, 5.41) is 23.7. The number of allylic oxidation sites excluding steroid dienone is 1. The SMILES string of the molecule is C=C(NO)c1cc(/C(=C\C)CN[C@H](CO)Cc2c[nH]c3ccccc23)c(C)cn1. The number of nitrogens with one attached hydrogen (secondary N) is 3. The van der Waals surface area contributed by atoms with Crippen LogP contribution in [0.3, 0.4) is 0 Å². The van der Waals surface area contributed by atoms with Crippen molar-refractivity contribution >= 4 is 22.2 Å². The number of aliphatic hydroxyl groups is 1. The number of aryl methyl sites for hydroxylation is 1. The number of hydrogen-bond acceptors (Lipinski definition) is 5. The summed E-state index contributed by atoms with van der Waals surface area (Å²) in [6, 6.07) is 10.0. The van der Waals surface area contributed by atoms with Gasteiger partial charge in [-0.25, -0.2) is 0 Å². The molecule has 2 heterocycles. The van der Waals surface area contributed by atoms with E-state index in [0.717, 1.165) is 28.6 Å². The Kier molecular flexibility index (Phi) is 6.82. The Bertz CT molecular complexity index is 1020. The molecule has 1 aromatic carbocycles. The first-order chi connectivity index (χ1) is 14.1. The number of benzene rings is 1. The van der Waals surface area contributed by atoms with Crippen LogP contribution in [0, 0.1) is 6.92 Å². The van der Waals surface area contributed by atoms with Crippen LogP contribution in [0.1, 0.15) is 29.3 Å². The van der Waals surface area contributed by atoms with Crippen molar-refractivity contribution < 1.29 is 10.3 Å². The number of aromatic nitrogens is 2. The van der Waals surface area contributed by atoms with Gasteiger partial charge in [-0.05, 0) is 54.7 Å². The topological polar surface area (TPSA) is 93.2 Å². The van der Waals surface area contributed by atoms with Gasteiger partial charge in [0.2, 0.25) is 0 Å². The van der Waals surface area contributed by atoms with E-state index in [1.165, 1.54) is 10.9 Å². The van der Waals surface area contributed by atoms with E-state index < -0.39 is 0 Å². The summed E-state index contributed by atoms with van der Waals surface area (Å²) in [4.78, 5) is 7.59. The quantitative estimate of drug-likeness (QED) is 0.360. The molecule has 0 saturated carbocycles. The molecule has 1 atom stereocenters. The number of para-hydroxylation sites is 1. The molecule has 0 aliphatic carbocycles. The van der Waals surface area contributed by atoms with Gasteiger partial charge in [0.25, 0.3) is 0 Å². The van der Waals surface area contributed by atoms with Gasteiger partial charge in [0.05, 0.1) is 18.0 Å². The third-order valence-electron chi connectivity index (χ3n) is 5.18. The summed E-state index contributed by atoms with van der Waals surface area (Å²) in [7, 11) is 0. The molecule has 0 saturated heterocycles. The molecule has 0 amide bonds. The van der Waals surface area contributed by atoms with Crippen molar-refractivity contribution in [2.75, 3.05) is 13.2 Å². The van der Waals surface area contributed by atoms with Crippen molar-refractivity contribution in [1.82, 2.24) is 20.8 Å². The minimum atomic E-state index is -0.0696.